The fourth-order valence-corrected chi connectivity index (χ4v) is 3.08. The van der Waals surface area contributed by atoms with Crippen LogP contribution in [0.15, 0.2) is 30.3 Å². The van der Waals surface area contributed by atoms with Crippen LogP contribution in [0.5, 0.6) is 0 Å². The zero-order valence-corrected chi connectivity index (χ0v) is 15.0. The average Bonchev–Trinajstić information content (AvgIpc) is 2.63. The molecule has 25 heavy (non-hydrogen) atoms. The summed E-state index contributed by atoms with van der Waals surface area (Å²) in [4.78, 5) is 13.9. The van der Waals surface area contributed by atoms with E-state index in [0.717, 1.165) is 68.7 Å². The Bertz CT molecular complexity index is 681. The number of hydrogen-bond donors (Lipinski definition) is 1. The molecule has 134 valence electrons. The van der Waals surface area contributed by atoms with Gasteiger partial charge in [-0.05, 0) is 37.6 Å². The number of nitrogens with zero attached hydrogens (tertiary/aromatic N) is 4. The van der Waals surface area contributed by atoms with Gasteiger partial charge in [0.05, 0.1) is 0 Å². The van der Waals surface area contributed by atoms with Crippen LogP contribution in [0.2, 0.25) is 0 Å². The number of anilines is 2. The first-order valence-electron chi connectivity index (χ1n) is 8.95. The van der Waals surface area contributed by atoms with Gasteiger partial charge in [-0.25, -0.2) is 14.4 Å². The predicted molar refractivity (Wildman–Crippen MR) is 99.7 cm³/mol. The Morgan fingerprint density at radius 1 is 1.08 bits per heavy atom. The SMILES string of the molecule is CCN1CCN(c2cc(NCCc3ccc(F)cc3)nc(C)n2)CC1. The van der Waals surface area contributed by atoms with Crippen molar-refractivity contribution in [2.75, 3.05) is 49.5 Å². The number of hydrogen-bond acceptors (Lipinski definition) is 5. The predicted octanol–water partition coefficient (Wildman–Crippen LogP) is 2.72. The second kappa shape index (κ2) is 8.25. The highest BCUT2D eigenvalue weighted by Crippen LogP contribution is 2.18. The molecule has 1 aliphatic heterocycles. The molecule has 0 spiro atoms. The summed E-state index contributed by atoms with van der Waals surface area (Å²) < 4.78 is 12.9. The van der Waals surface area contributed by atoms with Crippen molar-refractivity contribution in [3.63, 3.8) is 0 Å². The molecule has 6 heteroatoms. The van der Waals surface area contributed by atoms with Crippen LogP contribution in [0.4, 0.5) is 16.0 Å². The van der Waals surface area contributed by atoms with E-state index in [2.05, 4.69) is 32.0 Å². The van der Waals surface area contributed by atoms with Crippen LogP contribution in [0.25, 0.3) is 0 Å². The number of piperazine rings is 1. The Kier molecular flexibility index (Phi) is 5.81. The number of aromatic nitrogens is 2. The molecular formula is C19H26FN5. The molecule has 0 saturated carbocycles. The fraction of sp³-hybridized carbons (Fsp3) is 0.474. The summed E-state index contributed by atoms with van der Waals surface area (Å²) in [6.45, 7) is 10.1. The highest BCUT2D eigenvalue weighted by Gasteiger charge is 2.17. The Hall–Kier alpha value is -2.21. The van der Waals surface area contributed by atoms with Crippen LogP contribution in [0.3, 0.4) is 0 Å². The van der Waals surface area contributed by atoms with Crippen molar-refractivity contribution in [3.8, 4) is 0 Å². The quantitative estimate of drug-likeness (QED) is 0.874. The number of benzene rings is 1. The molecule has 2 heterocycles. The molecule has 1 aliphatic rings. The van der Waals surface area contributed by atoms with Gasteiger partial charge >= 0.3 is 0 Å². The van der Waals surface area contributed by atoms with Gasteiger partial charge in [0.25, 0.3) is 0 Å². The van der Waals surface area contributed by atoms with E-state index in [9.17, 15) is 4.39 Å². The highest BCUT2D eigenvalue weighted by atomic mass is 19.1. The van der Waals surface area contributed by atoms with Crippen LogP contribution < -0.4 is 10.2 Å². The molecule has 1 aromatic heterocycles. The zero-order valence-electron chi connectivity index (χ0n) is 15.0. The first-order chi connectivity index (χ1) is 12.1. The fourth-order valence-electron chi connectivity index (χ4n) is 3.08. The van der Waals surface area contributed by atoms with Crippen LogP contribution in [0, 0.1) is 12.7 Å². The van der Waals surface area contributed by atoms with E-state index in [0.29, 0.717) is 0 Å². The van der Waals surface area contributed by atoms with E-state index in [4.69, 9.17) is 0 Å². The minimum atomic E-state index is -0.198. The van der Waals surface area contributed by atoms with Gasteiger partial charge < -0.3 is 15.1 Å². The Morgan fingerprint density at radius 2 is 1.80 bits per heavy atom. The maximum atomic E-state index is 12.9. The van der Waals surface area contributed by atoms with Crippen molar-refractivity contribution in [1.29, 1.82) is 0 Å². The molecule has 1 saturated heterocycles. The molecule has 5 nitrogen and oxygen atoms in total. The molecule has 0 bridgehead atoms. The maximum Gasteiger partial charge on any atom is 0.134 e. The summed E-state index contributed by atoms with van der Waals surface area (Å²) in [5.41, 5.74) is 1.11. The van der Waals surface area contributed by atoms with Crippen LogP contribution in [-0.2, 0) is 6.42 Å². The summed E-state index contributed by atoms with van der Waals surface area (Å²) >= 11 is 0. The Morgan fingerprint density at radius 3 is 2.48 bits per heavy atom. The molecule has 0 unspecified atom stereocenters. The molecule has 0 atom stereocenters. The number of aryl methyl sites for hydroxylation is 1. The molecule has 2 aromatic rings. The number of rotatable bonds is 6. The standard InChI is InChI=1S/C19H26FN5/c1-3-24-10-12-25(13-11-24)19-14-18(22-15(2)23-19)21-9-8-16-4-6-17(20)7-5-16/h4-7,14H,3,8-13H2,1-2H3,(H,21,22,23). The molecular weight excluding hydrogens is 317 g/mol. The van der Waals surface area contributed by atoms with Gasteiger partial charge in [0, 0.05) is 38.8 Å². The molecule has 3 rings (SSSR count). The normalized spacial score (nSPS) is 15.4. The molecule has 1 N–H and O–H groups in total. The summed E-state index contributed by atoms with van der Waals surface area (Å²) in [5, 5.41) is 3.37. The van der Waals surface area contributed by atoms with Crippen molar-refractivity contribution in [3.05, 3.63) is 47.5 Å². The lowest BCUT2D eigenvalue weighted by molar-refractivity contribution is 0.270. The van der Waals surface area contributed by atoms with E-state index < -0.39 is 0 Å². The second-order valence-electron chi connectivity index (χ2n) is 6.38. The van der Waals surface area contributed by atoms with Crippen molar-refractivity contribution in [2.24, 2.45) is 0 Å². The van der Waals surface area contributed by atoms with Gasteiger partial charge in [0.2, 0.25) is 0 Å². The summed E-state index contributed by atoms with van der Waals surface area (Å²) in [5.74, 6) is 2.42. The number of nitrogens with one attached hydrogen (secondary N) is 1. The lowest BCUT2D eigenvalue weighted by Gasteiger charge is -2.34. The largest absolute Gasteiger partial charge is 0.370 e. The molecule has 1 fully saturated rings. The van der Waals surface area contributed by atoms with E-state index in [1.165, 1.54) is 12.1 Å². The van der Waals surface area contributed by atoms with E-state index >= 15 is 0 Å². The summed E-state index contributed by atoms with van der Waals surface area (Å²) in [6.07, 6.45) is 0.827. The third-order valence-corrected chi connectivity index (χ3v) is 4.60. The lowest BCUT2D eigenvalue weighted by Crippen LogP contribution is -2.46. The van der Waals surface area contributed by atoms with Crippen LogP contribution >= 0.6 is 0 Å². The van der Waals surface area contributed by atoms with Crippen molar-refractivity contribution in [1.82, 2.24) is 14.9 Å². The summed E-state index contributed by atoms with van der Waals surface area (Å²) in [7, 11) is 0. The lowest BCUT2D eigenvalue weighted by atomic mass is 10.1. The maximum absolute atomic E-state index is 12.9. The Labute approximate surface area is 148 Å². The van der Waals surface area contributed by atoms with Crippen molar-refractivity contribution in [2.45, 2.75) is 20.3 Å². The van der Waals surface area contributed by atoms with Crippen molar-refractivity contribution >= 4 is 11.6 Å². The van der Waals surface area contributed by atoms with Crippen molar-refractivity contribution < 1.29 is 4.39 Å². The Balaban J connectivity index is 1.58. The zero-order chi connectivity index (χ0) is 17.6. The topological polar surface area (TPSA) is 44.3 Å². The highest BCUT2D eigenvalue weighted by molar-refractivity contribution is 5.49. The molecule has 0 amide bonds. The van der Waals surface area contributed by atoms with Crippen LogP contribution in [-0.4, -0.2) is 54.1 Å². The first-order valence-corrected chi connectivity index (χ1v) is 8.95. The average molecular weight is 343 g/mol. The van der Waals surface area contributed by atoms with Gasteiger partial charge in [0.1, 0.15) is 23.3 Å². The second-order valence-corrected chi connectivity index (χ2v) is 6.38. The van der Waals surface area contributed by atoms with E-state index in [1.54, 1.807) is 0 Å². The smallest absolute Gasteiger partial charge is 0.134 e. The minimum Gasteiger partial charge on any atom is -0.370 e. The van der Waals surface area contributed by atoms with Gasteiger partial charge in [-0.1, -0.05) is 19.1 Å². The third-order valence-electron chi connectivity index (χ3n) is 4.60. The first kappa shape index (κ1) is 17.6. The van der Waals surface area contributed by atoms with E-state index in [-0.39, 0.29) is 5.82 Å². The molecule has 0 aliphatic carbocycles. The monoisotopic (exact) mass is 343 g/mol. The summed E-state index contributed by atoms with van der Waals surface area (Å²) in [6, 6.07) is 8.66. The van der Waals surface area contributed by atoms with Gasteiger partial charge in [-0.2, -0.15) is 0 Å². The number of halogens is 1. The minimum absolute atomic E-state index is 0.198. The number of likely N-dealkylation sites (N-methyl/N-ethyl adjacent to an activating group) is 1. The molecule has 1 aromatic carbocycles. The molecule has 0 radical (unpaired) electrons. The van der Waals surface area contributed by atoms with Gasteiger partial charge in [0.15, 0.2) is 0 Å². The van der Waals surface area contributed by atoms with Gasteiger partial charge in [-0.3, -0.25) is 0 Å². The van der Waals surface area contributed by atoms with E-state index in [1.807, 2.05) is 25.1 Å². The van der Waals surface area contributed by atoms with Gasteiger partial charge in [-0.15, -0.1) is 0 Å². The van der Waals surface area contributed by atoms with Crippen LogP contribution in [0.1, 0.15) is 18.3 Å². The third kappa shape index (κ3) is 4.89.